The highest BCUT2D eigenvalue weighted by molar-refractivity contribution is 6.47. The maximum Gasteiger partial charge on any atom is 0.204 e. The van der Waals surface area contributed by atoms with Crippen LogP contribution in [0.25, 0.3) is 17.0 Å². The number of carbonyl (C=O) groups excluding carboxylic acids is 1. The second-order valence-corrected chi connectivity index (χ2v) is 4.78. The van der Waals surface area contributed by atoms with E-state index in [4.69, 9.17) is 16.0 Å². The fourth-order valence-electron chi connectivity index (χ4n) is 1.99. The van der Waals surface area contributed by atoms with Crippen molar-refractivity contribution in [3.05, 3.63) is 77.0 Å². The third-order valence-electron chi connectivity index (χ3n) is 2.97. The lowest BCUT2D eigenvalue weighted by Gasteiger charge is -1.97. The minimum Gasteiger partial charge on any atom is -0.457 e. The molecule has 1 aromatic heterocycles. The van der Waals surface area contributed by atoms with Gasteiger partial charge in [-0.05, 0) is 12.1 Å². The first-order valence-electron chi connectivity index (χ1n) is 6.19. The second kappa shape index (κ2) is 5.35. The van der Waals surface area contributed by atoms with Crippen LogP contribution in [0.4, 0.5) is 0 Å². The van der Waals surface area contributed by atoms with Crippen molar-refractivity contribution < 1.29 is 9.21 Å². The molecule has 3 heteroatoms. The van der Waals surface area contributed by atoms with Gasteiger partial charge < -0.3 is 4.42 Å². The van der Waals surface area contributed by atoms with E-state index in [0.717, 1.165) is 11.0 Å². The zero-order valence-corrected chi connectivity index (χ0v) is 11.3. The Morgan fingerprint density at radius 2 is 1.70 bits per heavy atom. The highest BCUT2D eigenvalue weighted by atomic mass is 35.5. The number of fused-ring (bicyclic) bond motifs is 1. The van der Waals surface area contributed by atoms with Crippen LogP contribution in [0, 0.1) is 0 Å². The molecule has 0 fully saturated rings. The number of para-hydroxylation sites is 1. The van der Waals surface area contributed by atoms with E-state index in [1.54, 1.807) is 30.3 Å². The van der Waals surface area contributed by atoms with E-state index in [2.05, 4.69) is 0 Å². The molecule has 0 saturated heterocycles. The number of carbonyl (C=O) groups is 1. The Balaban J connectivity index is 1.93. The van der Waals surface area contributed by atoms with Gasteiger partial charge in [0.05, 0.1) is 5.03 Å². The van der Waals surface area contributed by atoms with Crippen molar-refractivity contribution in [1.29, 1.82) is 0 Å². The number of allylic oxidation sites excluding steroid dienone is 1. The summed E-state index contributed by atoms with van der Waals surface area (Å²) in [5.41, 5.74) is 1.33. The number of hydrogen-bond donors (Lipinski definition) is 0. The highest BCUT2D eigenvalue weighted by Crippen LogP contribution is 2.22. The molecule has 0 aliphatic carbocycles. The lowest BCUT2D eigenvalue weighted by Crippen LogP contribution is -1.97. The molecule has 2 nitrogen and oxygen atoms in total. The molecule has 0 aliphatic heterocycles. The standard InChI is InChI=1S/C17H11ClO2/c18-15(17(19)12-6-2-1-3-7-12)11-14-10-13-8-4-5-9-16(13)20-14/h1-11H/b15-11-. The normalized spacial score (nSPS) is 11.8. The predicted molar refractivity (Wildman–Crippen MR) is 80.8 cm³/mol. The molecular weight excluding hydrogens is 272 g/mol. The monoisotopic (exact) mass is 282 g/mol. The molecule has 0 aliphatic rings. The van der Waals surface area contributed by atoms with E-state index >= 15 is 0 Å². The topological polar surface area (TPSA) is 30.2 Å². The molecule has 0 atom stereocenters. The van der Waals surface area contributed by atoms with Gasteiger partial charge in [0.25, 0.3) is 0 Å². The molecule has 3 rings (SSSR count). The number of furan rings is 1. The van der Waals surface area contributed by atoms with Gasteiger partial charge in [0.2, 0.25) is 5.78 Å². The minimum absolute atomic E-state index is 0.134. The smallest absolute Gasteiger partial charge is 0.204 e. The average Bonchev–Trinajstić information content (AvgIpc) is 2.89. The Morgan fingerprint density at radius 1 is 1.00 bits per heavy atom. The summed E-state index contributed by atoms with van der Waals surface area (Å²) in [6.07, 6.45) is 1.55. The molecule has 0 N–H and O–H groups in total. The largest absolute Gasteiger partial charge is 0.457 e. The van der Waals surface area contributed by atoms with Crippen LogP contribution in [-0.4, -0.2) is 5.78 Å². The van der Waals surface area contributed by atoms with E-state index in [-0.39, 0.29) is 10.8 Å². The molecule has 0 spiro atoms. The van der Waals surface area contributed by atoms with Gasteiger partial charge in [0, 0.05) is 17.0 Å². The molecule has 3 aromatic rings. The predicted octanol–water partition coefficient (Wildman–Crippen LogP) is 4.90. The molecular formula is C17H11ClO2. The number of rotatable bonds is 3. The SMILES string of the molecule is O=C(/C(Cl)=C/c1cc2ccccc2o1)c1ccccc1. The third-order valence-corrected chi connectivity index (χ3v) is 3.25. The van der Waals surface area contributed by atoms with Gasteiger partial charge in [-0.3, -0.25) is 4.79 Å². The summed E-state index contributed by atoms with van der Waals surface area (Å²) in [6.45, 7) is 0. The number of halogens is 1. The molecule has 0 unspecified atom stereocenters. The first-order valence-corrected chi connectivity index (χ1v) is 6.57. The van der Waals surface area contributed by atoms with Crippen molar-refractivity contribution in [3.63, 3.8) is 0 Å². The van der Waals surface area contributed by atoms with Gasteiger partial charge in [-0.2, -0.15) is 0 Å². The molecule has 2 aromatic carbocycles. The van der Waals surface area contributed by atoms with E-state index in [1.807, 2.05) is 36.4 Å². The van der Waals surface area contributed by atoms with E-state index < -0.39 is 0 Å². The second-order valence-electron chi connectivity index (χ2n) is 4.37. The molecule has 1 heterocycles. The Bertz CT molecular complexity index is 752. The lowest BCUT2D eigenvalue weighted by atomic mass is 10.1. The zero-order valence-electron chi connectivity index (χ0n) is 10.5. The van der Waals surface area contributed by atoms with Crippen molar-refractivity contribution in [2.75, 3.05) is 0 Å². The van der Waals surface area contributed by atoms with Gasteiger partial charge in [0.1, 0.15) is 11.3 Å². The van der Waals surface area contributed by atoms with Crippen LogP contribution in [0.1, 0.15) is 16.1 Å². The molecule has 20 heavy (non-hydrogen) atoms. The Kier molecular flexibility index (Phi) is 3.40. The molecule has 0 radical (unpaired) electrons. The summed E-state index contributed by atoms with van der Waals surface area (Å²) in [6, 6.07) is 18.4. The van der Waals surface area contributed by atoms with Gasteiger partial charge in [-0.1, -0.05) is 60.1 Å². The summed E-state index contributed by atoms with van der Waals surface area (Å²) in [7, 11) is 0. The Hall–Kier alpha value is -2.32. The minimum atomic E-state index is -0.215. The summed E-state index contributed by atoms with van der Waals surface area (Å²) < 4.78 is 5.61. The number of Topliss-reactive ketones (excluding diaryl/α,β-unsaturated/α-hetero) is 1. The summed E-state index contributed by atoms with van der Waals surface area (Å²) in [5, 5.41) is 1.12. The highest BCUT2D eigenvalue weighted by Gasteiger charge is 2.10. The van der Waals surface area contributed by atoms with E-state index in [1.165, 1.54) is 0 Å². The Morgan fingerprint density at radius 3 is 2.45 bits per heavy atom. The quantitative estimate of drug-likeness (QED) is 0.505. The van der Waals surface area contributed by atoms with Crippen LogP contribution < -0.4 is 0 Å². The van der Waals surface area contributed by atoms with Gasteiger partial charge >= 0.3 is 0 Å². The lowest BCUT2D eigenvalue weighted by molar-refractivity contribution is 0.104. The number of benzene rings is 2. The van der Waals surface area contributed by atoms with Crippen molar-refractivity contribution in [3.8, 4) is 0 Å². The van der Waals surface area contributed by atoms with Gasteiger partial charge in [-0.15, -0.1) is 0 Å². The molecule has 0 amide bonds. The summed E-state index contributed by atoms with van der Waals surface area (Å²) in [4.78, 5) is 12.1. The van der Waals surface area contributed by atoms with Gasteiger partial charge in [-0.25, -0.2) is 0 Å². The van der Waals surface area contributed by atoms with Crippen LogP contribution in [0.15, 0.2) is 70.1 Å². The third kappa shape index (κ3) is 2.51. The van der Waals surface area contributed by atoms with Crippen molar-refractivity contribution in [2.24, 2.45) is 0 Å². The van der Waals surface area contributed by atoms with Crippen molar-refractivity contribution in [2.45, 2.75) is 0 Å². The fraction of sp³-hybridized carbons (Fsp3) is 0. The van der Waals surface area contributed by atoms with E-state index in [9.17, 15) is 4.79 Å². The zero-order chi connectivity index (χ0) is 13.9. The fourth-order valence-corrected chi connectivity index (χ4v) is 2.21. The molecule has 0 bridgehead atoms. The van der Waals surface area contributed by atoms with Crippen LogP contribution >= 0.6 is 11.6 Å². The average molecular weight is 283 g/mol. The van der Waals surface area contributed by atoms with Gasteiger partial charge in [0.15, 0.2) is 0 Å². The van der Waals surface area contributed by atoms with E-state index in [0.29, 0.717) is 11.3 Å². The van der Waals surface area contributed by atoms with Crippen LogP contribution in [0.5, 0.6) is 0 Å². The number of hydrogen-bond acceptors (Lipinski definition) is 2. The first kappa shape index (κ1) is 12.7. The summed E-state index contributed by atoms with van der Waals surface area (Å²) >= 11 is 6.08. The van der Waals surface area contributed by atoms with Crippen molar-refractivity contribution >= 4 is 34.4 Å². The van der Waals surface area contributed by atoms with Crippen molar-refractivity contribution in [1.82, 2.24) is 0 Å². The van der Waals surface area contributed by atoms with Crippen LogP contribution in [0.2, 0.25) is 0 Å². The number of ketones is 1. The van der Waals surface area contributed by atoms with Crippen LogP contribution in [0.3, 0.4) is 0 Å². The maximum absolute atomic E-state index is 12.1. The molecule has 0 saturated carbocycles. The van der Waals surface area contributed by atoms with Crippen LogP contribution in [-0.2, 0) is 0 Å². The Labute approximate surface area is 121 Å². The first-order chi connectivity index (χ1) is 9.74. The molecule has 98 valence electrons. The maximum atomic E-state index is 12.1. The summed E-state index contributed by atoms with van der Waals surface area (Å²) in [5.74, 6) is 0.355.